The fraction of sp³-hybridized carbons (Fsp3) is 0.571. The van der Waals surface area contributed by atoms with Crippen LogP contribution in [0.5, 0.6) is 0 Å². The molecule has 0 saturated carbocycles. The molecule has 1 aliphatic rings. The van der Waals surface area contributed by atoms with E-state index in [2.05, 4.69) is 52.9 Å². The summed E-state index contributed by atoms with van der Waals surface area (Å²) in [5.74, 6) is 0.607. The zero-order valence-corrected chi connectivity index (χ0v) is 12.2. The Hall–Kier alpha value is -0.380. The van der Waals surface area contributed by atoms with E-state index < -0.39 is 0 Å². The number of likely N-dealkylation sites (tertiary alicyclic amines) is 1. The summed E-state index contributed by atoms with van der Waals surface area (Å²) in [7, 11) is 0. The second kappa shape index (κ2) is 5.51. The molecular weight excluding hydrogens is 276 g/mol. The molecule has 1 aromatic rings. The monoisotopic (exact) mass is 296 g/mol. The van der Waals surface area contributed by atoms with Crippen molar-refractivity contribution in [3.8, 4) is 0 Å². The Kier molecular flexibility index (Phi) is 4.23. The number of nitrogens with two attached hydrogens (primary N) is 1. The first-order valence-corrected chi connectivity index (χ1v) is 7.16. The average Bonchev–Trinajstić information content (AvgIpc) is 2.75. The molecule has 2 nitrogen and oxygen atoms in total. The van der Waals surface area contributed by atoms with Crippen molar-refractivity contribution >= 4 is 15.9 Å². The van der Waals surface area contributed by atoms with Crippen LogP contribution in [-0.2, 0) is 0 Å². The summed E-state index contributed by atoms with van der Waals surface area (Å²) in [6.07, 6.45) is 1.23. The molecule has 2 N–H and O–H groups in total. The van der Waals surface area contributed by atoms with Crippen LogP contribution in [-0.4, -0.2) is 24.5 Å². The van der Waals surface area contributed by atoms with Gasteiger partial charge in [0.25, 0.3) is 0 Å². The summed E-state index contributed by atoms with van der Waals surface area (Å²) in [5.41, 5.74) is 8.63. The number of rotatable bonds is 3. The third-order valence-corrected chi connectivity index (χ3v) is 4.75. The molecule has 0 radical (unpaired) electrons. The molecule has 17 heavy (non-hydrogen) atoms. The smallest absolute Gasteiger partial charge is 0.0388 e. The maximum Gasteiger partial charge on any atom is 0.0388 e. The minimum absolute atomic E-state index is 0.511. The van der Waals surface area contributed by atoms with E-state index in [1.165, 1.54) is 28.6 Å². The predicted octanol–water partition coefficient (Wildman–Crippen LogP) is 3.10. The van der Waals surface area contributed by atoms with Crippen LogP contribution in [0.2, 0.25) is 0 Å². The van der Waals surface area contributed by atoms with Crippen molar-refractivity contribution in [2.45, 2.75) is 26.3 Å². The highest BCUT2D eigenvalue weighted by Gasteiger charge is 2.33. The summed E-state index contributed by atoms with van der Waals surface area (Å²) in [4.78, 5) is 2.54. The molecule has 1 saturated heterocycles. The van der Waals surface area contributed by atoms with Crippen LogP contribution in [0.1, 0.15) is 30.5 Å². The van der Waals surface area contributed by atoms with E-state index in [-0.39, 0.29) is 0 Å². The van der Waals surface area contributed by atoms with Gasteiger partial charge in [0.1, 0.15) is 0 Å². The van der Waals surface area contributed by atoms with E-state index in [0.717, 1.165) is 13.1 Å². The molecule has 0 amide bonds. The molecule has 3 heteroatoms. The van der Waals surface area contributed by atoms with E-state index in [1.807, 2.05) is 0 Å². The topological polar surface area (TPSA) is 29.3 Å². The number of halogens is 1. The van der Waals surface area contributed by atoms with Crippen molar-refractivity contribution < 1.29 is 0 Å². The van der Waals surface area contributed by atoms with Gasteiger partial charge in [-0.3, -0.25) is 4.90 Å². The summed E-state index contributed by atoms with van der Waals surface area (Å²) in [5, 5.41) is 0. The van der Waals surface area contributed by atoms with Gasteiger partial charge in [-0.1, -0.05) is 35.0 Å². The van der Waals surface area contributed by atoms with Crippen molar-refractivity contribution in [2.24, 2.45) is 11.7 Å². The van der Waals surface area contributed by atoms with E-state index >= 15 is 0 Å². The summed E-state index contributed by atoms with van der Waals surface area (Å²) in [6, 6.07) is 7.20. The lowest BCUT2D eigenvalue weighted by molar-refractivity contribution is 0.242. The third kappa shape index (κ3) is 2.56. The summed E-state index contributed by atoms with van der Waals surface area (Å²) in [6.45, 7) is 7.46. The van der Waals surface area contributed by atoms with Gasteiger partial charge in [0.15, 0.2) is 0 Å². The quantitative estimate of drug-likeness (QED) is 0.929. The van der Waals surface area contributed by atoms with Gasteiger partial charge in [0, 0.05) is 10.5 Å². The van der Waals surface area contributed by atoms with Crippen LogP contribution in [0.3, 0.4) is 0 Å². The van der Waals surface area contributed by atoms with Gasteiger partial charge in [0.05, 0.1) is 0 Å². The molecule has 0 spiro atoms. The molecular formula is C14H21BrN2. The molecule has 0 aliphatic carbocycles. The van der Waals surface area contributed by atoms with E-state index in [4.69, 9.17) is 5.73 Å². The lowest BCUT2D eigenvalue weighted by Gasteiger charge is -2.27. The van der Waals surface area contributed by atoms with Crippen molar-refractivity contribution in [3.63, 3.8) is 0 Å². The van der Waals surface area contributed by atoms with Gasteiger partial charge in [-0.15, -0.1) is 0 Å². The first-order valence-electron chi connectivity index (χ1n) is 6.37. The molecule has 0 bridgehead atoms. The zero-order valence-electron chi connectivity index (χ0n) is 10.6. The van der Waals surface area contributed by atoms with Crippen molar-refractivity contribution in [1.82, 2.24) is 4.90 Å². The first kappa shape index (κ1) is 13.1. The van der Waals surface area contributed by atoms with Gasteiger partial charge >= 0.3 is 0 Å². The summed E-state index contributed by atoms with van der Waals surface area (Å²) >= 11 is 3.56. The Labute approximate surface area is 112 Å². The molecule has 0 aromatic heterocycles. The van der Waals surface area contributed by atoms with E-state index in [0.29, 0.717) is 12.0 Å². The zero-order chi connectivity index (χ0) is 12.4. The lowest BCUT2D eigenvalue weighted by atomic mass is 9.93. The predicted molar refractivity (Wildman–Crippen MR) is 76.0 cm³/mol. The van der Waals surface area contributed by atoms with Gasteiger partial charge in [-0.25, -0.2) is 0 Å². The molecule has 1 aromatic carbocycles. The normalized spacial score (nSPS) is 25.4. The lowest BCUT2D eigenvalue weighted by Crippen LogP contribution is -2.28. The Morgan fingerprint density at radius 2 is 2.24 bits per heavy atom. The Morgan fingerprint density at radius 3 is 2.82 bits per heavy atom. The highest BCUT2D eigenvalue weighted by Crippen LogP contribution is 2.37. The largest absolute Gasteiger partial charge is 0.330 e. The van der Waals surface area contributed by atoms with Gasteiger partial charge in [-0.05, 0) is 56.1 Å². The molecule has 2 atom stereocenters. The minimum atomic E-state index is 0.511. The van der Waals surface area contributed by atoms with Crippen LogP contribution in [0.4, 0.5) is 0 Å². The molecule has 94 valence electrons. The van der Waals surface area contributed by atoms with Crippen molar-refractivity contribution in [2.75, 3.05) is 19.6 Å². The maximum atomic E-state index is 5.91. The van der Waals surface area contributed by atoms with Crippen LogP contribution >= 0.6 is 15.9 Å². The second-order valence-corrected chi connectivity index (χ2v) is 5.72. The van der Waals surface area contributed by atoms with Crippen LogP contribution in [0.15, 0.2) is 22.7 Å². The molecule has 1 heterocycles. The van der Waals surface area contributed by atoms with Gasteiger partial charge < -0.3 is 5.73 Å². The van der Waals surface area contributed by atoms with Crippen molar-refractivity contribution in [1.29, 1.82) is 0 Å². The van der Waals surface area contributed by atoms with Crippen LogP contribution in [0, 0.1) is 12.8 Å². The number of aryl methyl sites for hydroxylation is 1. The fourth-order valence-electron chi connectivity index (χ4n) is 2.86. The summed E-state index contributed by atoms with van der Waals surface area (Å²) < 4.78 is 1.19. The first-order chi connectivity index (χ1) is 8.17. The Morgan fingerprint density at radius 1 is 1.47 bits per heavy atom. The highest BCUT2D eigenvalue weighted by molar-refractivity contribution is 9.10. The average molecular weight is 297 g/mol. The fourth-order valence-corrected chi connectivity index (χ4v) is 3.11. The highest BCUT2D eigenvalue weighted by atomic mass is 79.9. The van der Waals surface area contributed by atoms with E-state index in [9.17, 15) is 0 Å². The SMILES string of the molecule is CCN1CCC(CN)C1c1ccc(Br)c(C)c1. The third-order valence-electron chi connectivity index (χ3n) is 3.86. The van der Waals surface area contributed by atoms with Crippen LogP contribution in [0.25, 0.3) is 0 Å². The van der Waals surface area contributed by atoms with Crippen LogP contribution < -0.4 is 5.73 Å². The molecule has 2 rings (SSSR count). The van der Waals surface area contributed by atoms with E-state index in [1.54, 1.807) is 0 Å². The Bertz CT molecular complexity index is 380. The van der Waals surface area contributed by atoms with Crippen molar-refractivity contribution in [3.05, 3.63) is 33.8 Å². The molecule has 1 aliphatic heterocycles. The van der Waals surface area contributed by atoms with Gasteiger partial charge in [-0.2, -0.15) is 0 Å². The Balaban J connectivity index is 2.31. The molecule has 2 unspecified atom stereocenters. The number of benzene rings is 1. The van der Waals surface area contributed by atoms with Gasteiger partial charge in [0.2, 0.25) is 0 Å². The number of nitrogens with zero attached hydrogens (tertiary/aromatic N) is 1. The maximum absolute atomic E-state index is 5.91. The number of hydrogen-bond donors (Lipinski definition) is 1. The molecule has 1 fully saturated rings. The second-order valence-electron chi connectivity index (χ2n) is 4.87. The number of hydrogen-bond acceptors (Lipinski definition) is 2. The standard InChI is InChI=1S/C14H21BrN2/c1-3-17-7-6-12(9-16)14(17)11-4-5-13(15)10(2)8-11/h4-5,8,12,14H,3,6-7,9,16H2,1-2H3. The minimum Gasteiger partial charge on any atom is -0.330 e.